The Morgan fingerprint density at radius 2 is 1.73 bits per heavy atom. The van der Waals surface area contributed by atoms with Crippen molar-refractivity contribution >= 4 is 51.9 Å². The van der Waals surface area contributed by atoms with E-state index in [0.29, 0.717) is 38.4 Å². The average Bonchev–Trinajstić information content (AvgIpc) is 2.91. The minimum absolute atomic E-state index is 0.238. The number of carbonyl (C=O) groups excluding carboxylic acids is 1. The zero-order valence-electron chi connectivity index (χ0n) is 13.2. The third-order valence-electron chi connectivity index (χ3n) is 3.98. The number of aromatic amines is 1. The summed E-state index contributed by atoms with van der Waals surface area (Å²) in [7, 11) is 0. The normalized spacial score (nSPS) is 14.8. The van der Waals surface area contributed by atoms with Crippen molar-refractivity contribution in [3.8, 4) is 0 Å². The number of pyridine rings is 1. The molecule has 0 bridgehead atoms. The molecule has 0 saturated heterocycles. The van der Waals surface area contributed by atoms with Crippen LogP contribution in [0.3, 0.4) is 0 Å². The van der Waals surface area contributed by atoms with Crippen LogP contribution < -0.4 is 10.5 Å². The monoisotopic (exact) mass is 383 g/mol. The standard InChI is InChI=1S/C19H11Cl2N3O2/c20-14-7-5-11(9-15(14)21)23-18-13-3-1-2-4-16(13)24(19(18)26)12-6-8-17(25)22-10-12/h1-10H,(H,22,25)/b23-18-. The molecule has 0 spiro atoms. The lowest BCUT2D eigenvalue weighted by Gasteiger charge is -2.16. The number of aromatic nitrogens is 1. The van der Waals surface area contributed by atoms with Crippen LogP contribution in [0.25, 0.3) is 0 Å². The van der Waals surface area contributed by atoms with Crippen LogP contribution in [0.2, 0.25) is 10.0 Å². The number of para-hydroxylation sites is 1. The predicted octanol–water partition coefficient (Wildman–Crippen LogP) is 4.48. The number of nitrogens with one attached hydrogen (secondary N) is 1. The lowest BCUT2D eigenvalue weighted by Crippen LogP contribution is -2.26. The molecule has 2 heterocycles. The summed E-state index contributed by atoms with van der Waals surface area (Å²) in [4.78, 5) is 33.0. The number of hydrogen-bond acceptors (Lipinski definition) is 3. The molecule has 0 aliphatic carbocycles. The molecule has 7 heteroatoms. The summed E-state index contributed by atoms with van der Waals surface area (Å²) in [5.74, 6) is -0.288. The second-order valence-electron chi connectivity index (χ2n) is 5.63. The van der Waals surface area contributed by atoms with Crippen LogP contribution in [0.1, 0.15) is 5.56 Å². The van der Waals surface area contributed by atoms with Crippen molar-refractivity contribution in [2.75, 3.05) is 4.90 Å². The molecule has 0 unspecified atom stereocenters. The number of benzene rings is 2. The summed E-state index contributed by atoms with van der Waals surface area (Å²) in [6.45, 7) is 0. The van der Waals surface area contributed by atoms with Crippen LogP contribution in [0.5, 0.6) is 0 Å². The Bertz CT molecular complexity index is 1100. The molecule has 1 aliphatic rings. The van der Waals surface area contributed by atoms with E-state index in [4.69, 9.17) is 23.2 Å². The van der Waals surface area contributed by atoms with Crippen LogP contribution in [0.15, 0.2) is 70.6 Å². The van der Waals surface area contributed by atoms with E-state index in [1.165, 1.54) is 17.2 Å². The molecule has 2 aromatic carbocycles. The number of amides is 1. The summed E-state index contributed by atoms with van der Waals surface area (Å²) in [6, 6.07) is 15.2. The van der Waals surface area contributed by atoms with Crippen LogP contribution in [-0.2, 0) is 4.79 Å². The Labute approximate surface area is 158 Å². The molecule has 5 nitrogen and oxygen atoms in total. The maximum Gasteiger partial charge on any atom is 0.282 e. The van der Waals surface area contributed by atoms with Gasteiger partial charge in [0.15, 0.2) is 0 Å². The van der Waals surface area contributed by atoms with Gasteiger partial charge in [-0.05, 0) is 30.3 Å². The van der Waals surface area contributed by atoms with Crippen molar-refractivity contribution in [3.63, 3.8) is 0 Å². The molecule has 3 aromatic rings. The first-order valence-electron chi connectivity index (χ1n) is 7.71. The fourth-order valence-electron chi connectivity index (χ4n) is 2.79. The van der Waals surface area contributed by atoms with Gasteiger partial charge in [0.2, 0.25) is 5.56 Å². The molecule has 1 aromatic heterocycles. The fraction of sp³-hybridized carbons (Fsp3) is 0. The van der Waals surface area contributed by atoms with Crippen LogP contribution >= 0.6 is 23.2 Å². The molecule has 1 amide bonds. The fourth-order valence-corrected chi connectivity index (χ4v) is 3.08. The maximum atomic E-state index is 13.0. The zero-order valence-corrected chi connectivity index (χ0v) is 14.8. The highest BCUT2D eigenvalue weighted by Crippen LogP contribution is 2.36. The smallest absolute Gasteiger partial charge is 0.282 e. The third-order valence-corrected chi connectivity index (χ3v) is 4.71. The summed E-state index contributed by atoms with van der Waals surface area (Å²) in [5.41, 5.74) is 2.55. The summed E-state index contributed by atoms with van der Waals surface area (Å²) >= 11 is 12.0. The van der Waals surface area contributed by atoms with Gasteiger partial charge in [-0.15, -0.1) is 0 Å². The predicted molar refractivity (Wildman–Crippen MR) is 103 cm³/mol. The van der Waals surface area contributed by atoms with Crippen molar-refractivity contribution in [1.29, 1.82) is 0 Å². The number of halogens is 2. The summed E-state index contributed by atoms with van der Waals surface area (Å²) < 4.78 is 0. The van der Waals surface area contributed by atoms with Crippen molar-refractivity contribution in [1.82, 2.24) is 4.98 Å². The van der Waals surface area contributed by atoms with Gasteiger partial charge in [0.05, 0.1) is 27.1 Å². The van der Waals surface area contributed by atoms with Crippen molar-refractivity contribution in [3.05, 3.63) is 86.8 Å². The van der Waals surface area contributed by atoms with Crippen LogP contribution in [-0.4, -0.2) is 16.6 Å². The molecule has 0 radical (unpaired) electrons. The van der Waals surface area contributed by atoms with Gasteiger partial charge in [0.25, 0.3) is 5.91 Å². The molecular weight excluding hydrogens is 373 g/mol. The first kappa shape index (κ1) is 16.6. The van der Waals surface area contributed by atoms with Gasteiger partial charge in [0.1, 0.15) is 5.71 Å². The average molecular weight is 384 g/mol. The van der Waals surface area contributed by atoms with E-state index >= 15 is 0 Å². The van der Waals surface area contributed by atoms with Crippen LogP contribution in [0.4, 0.5) is 17.1 Å². The van der Waals surface area contributed by atoms with Gasteiger partial charge in [-0.2, -0.15) is 0 Å². The molecule has 1 aliphatic heterocycles. The van der Waals surface area contributed by atoms with E-state index in [-0.39, 0.29) is 11.5 Å². The number of anilines is 2. The molecule has 0 atom stereocenters. The molecule has 0 fully saturated rings. The minimum Gasteiger partial charge on any atom is -0.327 e. The molecule has 4 rings (SSSR count). The lowest BCUT2D eigenvalue weighted by atomic mass is 10.1. The molecule has 1 N–H and O–H groups in total. The summed E-state index contributed by atoms with van der Waals surface area (Å²) in [6.07, 6.45) is 1.50. The second-order valence-corrected chi connectivity index (χ2v) is 6.44. The van der Waals surface area contributed by atoms with Gasteiger partial charge < -0.3 is 4.98 Å². The largest absolute Gasteiger partial charge is 0.327 e. The van der Waals surface area contributed by atoms with Crippen molar-refractivity contribution in [2.24, 2.45) is 4.99 Å². The highest BCUT2D eigenvalue weighted by Gasteiger charge is 2.34. The molecule has 0 saturated carbocycles. The second kappa shape index (κ2) is 6.44. The zero-order chi connectivity index (χ0) is 18.3. The number of H-pyrrole nitrogens is 1. The Morgan fingerprint density at radius 1 is 0.923 bits per heavy atom. The van der Waals surface area contributed by atoms with Crippen molar-refractivity contribution in [2.45, 2.75) is 0 Å². The molecular formula is C19H11Cl2N3O2. The Morgan fingerprint density at radius 3 is 2.46 bits per heavy atom. The lowest BCUT2D eigenvalue weighted by molar-refractivity contribution is -0.111. The Hall–Kier alpha value is -2.89. The van der Waals surface area contributed by atoms with E-state index in [9.17, 15) is 9.59 Å². The Balaban J connectivity index is 1.85. The van der Waals surface area contributed by atoms with Gasteiger partial charge in [0, 0.05) is 17.8 Å². The Kier molecular flexibility index (Phi) is 4.11. The third kappa shape index (κ3) is 2.81. The highest BCUT2D eigenvalue weighted by molar-refractivity contribution is 6.56. The van der Waals surface area contributed by atoms with Gasteiger partial charge in [-0.3, -0.25) is 14.5 Å². The minimum atomic E-state index is -0.288. The molecule has 26 heavy (non-hydrogen) atoms. The number of carbonyl (C=O) groups is 1. The topological polar surface area (TPSA) is 65.5 Å². The van der Waals surface area contributed by atoms with E-state index in [0.717, 1.165) is 0 Å². The number of hydrogen-bond donors (Lipinski definition) is 1. The number of rotatable bonds is 2. The van der Waals surface area contributed by atoms with E-state index in [1.807, 2.05) is 24.3 Å². The SMILES string of the molecule is O=C1/C(=N\c2ccc(Cl)c(Cl)c2)c2ccccc2N1c1ccc(=O)[nH]c1. The van der Waals surface area contributed by atoms with Gasteiger partial charge in [-0.25, -0.2) is 4.99 Å². The van der Waals surface area contributed by atoms with Crippen LogP contribution in [0, 0.1) is 0 Å². The number of nitrogens with zero attached hydrogens (tertiary/aromatic N) is 2. The number of aliphatic imine (C=N–C) groups is 1. The van der Waals surface area contributed by atoms with Gasteiger partial charge in [-0.1, -0.05) is 41.4 Å². The first-order chi connectivity index (χ1) is 12.5. The van der Waals surface area contributed by atoms with E-state index in [2.05, 4.69) is 9.98 Å². The highest BCUT2D eigenvalue weighted by atomic mass is 35.5. The number of fused-ring (bicyclic) bond motifs is 1. The molecule has 128 valence electrons. The van der Waals surface area contributed by atoms with E-state index in [1.54, 1.807) is 24.3 Å². The summed E-state index contributed by atoms with van der Waals surface area (Å²) in [5, 5.41) is 0.786. The van der Waals surface area contributed by atoms with E-state index < -0.39 is 0 Å². The quantitative estimate of drug-likeness (QED) is 0.708. The van der Waals surface area contributed by atoms with Crippen molar-refractivity contribution < 1.29 is 4.79 Å². The maximum absolute atomic E-state index is 13.0. The first-order valence-corrected chi connectivity index (χ1v) is 8.46. The van der Waals surface area contributed by atoms with Gasteiger partial charge >= 0.3 is 0 Å².